The molecule has 5 aromatic rings. The molecule has 0 N–H and O–H groups in total. The number of hydrogen-bond donors (Lipinski definition) is 0. The minimum absolute atomic E-state index is 1.04. The highest BCUT2D eigenvalue weighted by Crippen LogP contribution is 2.31. The zero-order valence-corrected chi connectivity index (χ0v) is 23.0. The summed E-state index contributed by atoms with van der Waals surface area (Å²) in [5, 5.41) is 5.22. The molecular formula is C38H36. The molecule has 0 aliphatic rings. The molecule has 0 atom stereocenters. The van der Waals surface area contributed by atoms with Crippen molar-refractivity contribution in [2.24, 2.45) is 0 Å². The van der Waals surface area contributed by atoms with E-state index in [4.69, 9.17) is 0 Å². The first-order chi connectivity index (χ1) is 18.4. The summed E-state index contributed by atoms with van der Waals surface area (Å²) in [7, 11) is 0. The first-order valence-electron chi connectivity index (χ1n) is 13.1. The van der Waals surface area contributed by atoms with Crippen LogP contribution in [0.25, 0.3) is 32.7 Å². The summed E-state index contributed by atoms with van der Waals surface area (Å²) < 4.78 is 0. The SMILES string of the molecule is C=CC(C=C)=C(/C=C(\C)c1cc2ccccc2cc1C)c1ccccc1C.Cc1cccc2ccccc12. The van der Waals surface area contributed by atoms with Crippen LogP contribution < -0.4 is 0 Å². The predicted molar refractivity (Wildman–Crippen MR) is 170 cm³/mol. The molecule has 0 fully saturated rings. The van der Waals surface area contributed by atoms with Crippen LogP contribution in [0.4, 0.5) is 0 Å². The fourth-order valence-electron chi connectivity index (χ4n) is 4.96. The molecular weight excluding hydrogens is 456 g/mol. The van der Waals surface area contributed by atoms with Gasteiger partial charge in [0.25, 0.3) is 0 Å². The Morgan fingerprint density at radius 3 is 1.76 bits per heavy atom. The van der Waals surface area contributed by atoms with Crippen LogP contribution >= 0.6 is 0 Å². The van der Waals surface area contributed by atoms with Crippen molar-refractivity contribution in [3.8, 4) is 0 Å². The third kappa shape index (κ3) is 5.93. The van der Waals surface area contributed by atoms with E-state index in [9.17, 15) is 0 Å². The number of rotatable bonds is 5. The predicted octanol–water partition coefficient (Wildman–Crippen LogP) is 10.8. The molecule has 0 bridgehead atoms. The minimum Gasteiger partial charge on any atom is -0.0984 e. The van der Waals surface area contributed by atoms with Crippen molar-refractivity contribution in [2.75, 3.05) is 0 Å². The Kier molecular flexibility index (Phi) is 8.56. The van der Waals surface area contributed by atoms with Gasteiger partial charge in [-0.25, -0.2) is 0 Å². The molecule has 0 heterocycles. The lowest BCUT2D eigenvalue weighted by molar-refractivity contribution is 1.41. The van der Waals surface area contributed by atoms with Gasteiger partial charge in [-0.1, -0.05) is 128 Å². The van der Waals surface area contributed by atoms with Gasteiger partial charge >= 0.3 is 0 Å². The van der Waals surface area contributed by atoms with Gasteiger partial charge in [0.15, 0.2) is 0 Å². The van der Waals surface area contributed by atoms with E-state index < -0.39 is 0 Å². The molecule has 0 heteroatoms. The summed E-state index contributed by atoms with van der Waals surface area (Å²) in [4.78, 5) is 0. The fraction of sp³-hybridized carbons (Fsp3) is 0.105. The van der Waals surface area contributed by atoms with Crippen LogP contribution in [0, 0.1) is 20.8 Å². The van der Waals surface area contributed by atoms with E-state index in [1.807, 2.05) is 12.2 Å². The third-order valence-electron chi connectivity index (χ3n) is 7.07. The molecule has 0 nitrogen and oxygen atoms in total. The maximum absolute atomic E-state index is 3.99. The lowest BCUT2D eigenvalue weighted by atomic mass is 9.91. The van der Waals surface area contributed by atoms with Gasteiger partial charge in [0.2, 0.25) is 0 Å². The summed E-state index contributed by atoms with van der Waals surface area (Å²) in [6.45, 7) is 16.6. The number of aryl methyl sites for hydroxylation is 3. The molecule has 0 spiro atoms. The van der Waals surface area contributed by atoms with Gasteiger partial charge in [0.1, 0.15) is 0 Å². The summed E-state index contributed by atoms with van der Waals surface area (Å²) in [5.74, 6) is 0. The van der Waals surface area contributed by atoms with Crippen LogP contribution in [-0.4, -0.2) is 0 Å². The largest absolute Gasteiger partial charge is 0.0984 e. The van der Waals surface area contributed by atoms with E-state index in [0.717, 1.165) is 11.1 Å². The summed E-state index contributed by atoms with van der Waals surface area (Å²) in [6.07, 6.45) is 6.02. The highest BCUT2D eigenvalue weighted by atomic mass is 14.1. The summed E-state index contributed by atoms with van der Waals surface area (Å²) in [5.41, 5.74) is 9.79. The van der Waals surface area contributed by atoms with Crippen LogP contribution in [0.15, 0.2) is 140 Å². The van der Waals surface area contributed by atoms with Crippen LogP contribution in [0.3, 0.4) is 0 Å². The van der Waals surface area contributed by atoms with Crippen LogP contribution in [0.5, 0.6) is 0 Å². The van der Waals surface area contributed by atoms with Crippen LogP contribution in [0.1, 0.15) is 34.7 Å². The Labute approximate surface area is 228 Å². The number of hydrogen-bond acceptors (Lipinski definition) is 0. The molecule has 0 saturated heterocycles. The van der Waals surface area contributed by atoms with Crippen molar-refractivity contribution in [1.29, 1.82) is 0 Å². The van der Waals surface area contributed by atoms with Gasteiger partial charge in [-0.3, -0.25) is 0 Å². The van der Waals surface area contributed by atoms with Crippen molar-refractivity contribution in [3.05, 3.63) is 168 Å². The third-order valence-corrected chi connectivity index (χ3v) is 7.07. The Hall–Kier alpha value is -4.42. The average molecular weight is 493 g/mol. The lowest BCUT2D eigenvalue weighted by Gasteiger charge is -2.14. The molecule has 5 rings (SSSR count). The minimum atomic E-state index is 1.04. The molecule has 0 aromatic heterocycles. The number of benzene rings is 5. The molecule has 0 radical (unpaired) electrons. The van der Waals surface area contributed by atoms with Crippen molar-refractivity contribution >= 4 is 32.7 Å². The van der Waals surface area contributed by atoms with E-state index in [-0.39, 0.29) is 0 Å². The smallest absolute Gasteiger partial charge is 0.0106 e. The Morgan fingerprint density at radius 2 is 1.11 bits per heavy atom. The molecule has 188 valence electrons. The molecule has 38 heavy (non-hydrogen) atoms. The van der Waals surface area contributed by atoms with Crippen molar-refractivity contribution in [2.45, 2.75) is 27.7 Å². The fourth-order valence-corrected chi connectivity index (χ4v) is 4.96. The zero-order valence-electron chi connectivity index (χ0n) is 23.0. The Balaban J connectivity index is 0.000000253. The lowest BCUT2D eigenvalue weighted by Crippen LogP contribution is -1.93. The van der Waals surface area contributed by atoms with Gasteiger partial charge in [0, 0.05) is 0 Å². The second-order valence-corrected chi connectivity index (χ2v) is 9.73. The van der Waals surface area contributed by atoms with E-state index in [1.165, 1.54) is 54.9 Å². The maximum atomic E-state index is 3.99. The highest BCUT2D eigenvalue weighted by Gasteiger charge is 2.09. The zero-order chi connectivity index (χ0) is 27.1. The Morgan fingerprint density at radius 1 is 0.553 bits per heavy atom. The van der Waals surface area contributed by atoms with Gasteiger partial charge in [-0.2, -0.15) is 0 Å². The van der Waals surface area contributed by atoms with E-state index >= 15 is 0 Å². The van der Waals surface area contributed by atoms with Crippen molar-refractivity contribution < 1.29 is 0 Å². The second-order valence-electron chi connectivity index (χ2n) is 9.73. The van der Waals surface area contributed by atoms with Crippen molar-refractivity contribution in [1.82, 2.24) is 0 Å². The molecule has 0 unspecified atom stereocenters. The number of fused-ring (bicyclic) bond motifs is 2. The van der Waals surface area contributed by atoms with Gasteiger partial charge in [-0.05, 0) is 99.8 Å². The standard InChI is InChI=1S/C27H26.C11H10/c1-6-22(7-2)27(25-15-11-8-12-19(25)3)17-21(5)26-18-24-14-10-9-13-23(24)16-20(26)4;1-9-5-4-7-10-6-2-3-8-11(9)10/h6-18H,1-2H2,3-5H3;2-8H,1H3/b21-17+;. The van der Waals surface area contributed by atoms with E-state index in [1.54, 1.807) is 0 Å². The molecule has 0 saturated carbocycles. The van der Waals surface area contributed by atoms with Gasteiger partial charge in [0.05, 0.1) is 0 Å². The van der Waals surface area contributed by atoms with Gasteiger partial charge < -0.3 is 0 Å². The quantitative estimate of drug-likeness (QED) is 0.214. The average Bonchev–Trinajstić information content (AvgIpc) is 2.94. The summed E-state index contributed by atoms with van der Waals surface area (Å²) in [6, 6.07) is 36.3. The Bertz CT molecular complexity index is 1660. The molecule has 0 aliphatic heterocycles. The van der Waals surface area contributed by atoms with Crippen molar-refractivity contribution in [3.63, 3.8) is 0 Å². The van der Waals surface area contributed by atoms with E-state index in [0.29, 0.717) is 0 Å². The summed E-state index contributed by atoms with van der Waals surface area (Å²) >= 11 is 0. The number of allylic oxidation sites excluding steroid dienone is 6. The normalized spacial score (nSPS) is 11.0. The monoisotopic (exact) mass is 492 g/mol. The highest BCUT2D eigenvalue weighted by molar-refractivity contribution is 5.92. The first-order valence-corrected chi connectivity index (χ1v) is 13.1. The first kappa shape index (κ1) is 26.6. The van der Waals surface area contributed by atoms with Crippen LogP contribution in [-0.2, 0) is 0 Å². The van der Waals surface area contributed by atoms with Gasteiger partial charge in [-0.15, -0.1) is 0 Å². The van der Waals surface area contributed by atoms with Crippen LogP contribution in [0.2, 0.25) is 0 Å². The maximum Gasteiger partial charge on any atom is -0.0106 e. The molecule has 5 aromatic carbocycles. The molecule has 0 aliphatic carbocycles. The second kappa shape index (κ2) is 12.2. The van der Waals surface area contributed by atoms with E-state index in [2.05, 4.69) is 150 Å². The topological polar surface area (TPSA) is 0 Å². The molecule has 0 amide bonds.